The van der Waals surface area contributed by atoms with E-state index in [0.717, 1.165) is 0 Å². The van der Waals surface area contributed by atoms with Crippen LogP contribution in [0.1, 0.15) is 27.2 Å². The van der Waals surface area contributed by atoms with Crippen LogP contribution in [0.2, 0.25) is 0 Å². The van der Waals surface area contributed by atoms with Crippen molar-refractivity contribution in [1.82, 2.24) is 10.0 Å². The van der Waals surface area contributed by atoms with Gasteiger partial charge in [-0.15, -0.1) is 0 Å². The fraction of sp³-hybridized carbons (Fsp3) is 0.833. The number of esters is 1. The molecular formula is C12H24N2O5S2. The zero-order chi connectivity index (χ0) is 16.5. The number of hydrogen-bond donors (Lipinski definition) is 2. The number of carbonyl (C=O) groups excluding carboxylic acids is 2. The molecule has 0 spiro atoms. The second kappa shape index (κ2) is 10.0. The van der Waals surface area contributed by atoms with Gasteiger partial charge in [0.25, 0.3) is 0 Å². The Hall–Kier alpha value is -0.800. The van der Waals surface area contributed by atoms with Gasteiger partial charge in [0.2, 0.25) is 15.9 Å². The summed E-state index contributed by atoms with van der Waals surface area (Å²) in [6.45, 7) is 4.88. The third-order valence-corrected chi connectivity index (χ3v) is 4.68. The lowest BCUT2D eigenvalue weighted by atomic mass is 10.2. The van der Waals surface area contributed by atoms with Crippen LogP contribution in [-0.4, -0.2) is 56.7 Å². The number of amides is 1. The van der Waals surface area contributed by atoms with Crippen LogP contribution in [0.3, 0.4) is 0 Å². The molecule has 9 heteroatoms. The first-order valence-electron chi connectivity index (χ1n) is 6.73. The predicted octanol–water partition coefficient (Wildman–Crippen LogP) is 0.115. The van der Waals surface area contributed by atoms with Crippen LogP contribution in [0.15, 0.2) is 0 Å². The van der Waals surface area contributed by atoms with Gasteiger partial charge in [-0.3, -0.25) is 4.79 Å². The number of thioether (sulfide) groups is 1. The molecule has 0 bridgehead atoms. The zero-order valence-corrected chi connectivity index (χ0v) is 14.5. The van der Waals surface area contributed by atoms with Gasteiger partial charge < -0.3 is 10.1 Å². The average molecular weight is 340 g/mol. The first-order chi connectivity index (χ1) is 9.77. The number of ether oxygens (including phenoxy) is 1. The van der Waals surface area contributed by atoms with E-state index in [-0.39, 0.29) is 12.4 Å². The van der Waals surface area contributed by atoms with Gasteiger partial charge in [-0.25, -0.2) is 17.9 Å². The lowest BCUT2D eigenvalue weighted by Crippen LogP contribution is -2.51. The number of rotatable bonds is 10. The molecule has 0 aliphatic heterocycles. The Morgan fingerprint density at radius 2 is 1.90 bits per heavy atom. The normalized spacial score (nSPS) is 14.3. The summed E-state index contributed by atoms with van der Waals surface area (Å²) in [7, 11) is -3.50. The van der Waals surface area contributed by atoms with E-state index < -0.39 is 34.0 Å². The molecule has 0 aliphatic carbocycles. The number of sulfonamides is 1. The minimum absolute atomic E-state index is 0.108. The number of nitrogens with one attached hydrogen (secondary N) is 2. The molecule has 0 heterocycles. The highest BCUT2D eigenvalue weighted by Crippen LogP contribution is 2.04. The maximum Gasteiger partial charge on any atom is 0.328 e. The van der Waals surface area contributed by atoms with Crippen molar-refractivity contribution >= 4 is 33.7 Å². The Kier molecular flexibility index (Phi) is 9.63. The monoisotopic (exact) mass is 340 g/mol. The van der Waals surface area contributed by atoms with E-state index in [1.54, 1.807) is 6.92 Å². The Labute approximate surface area is 130 Å². The minimum Gasteiger partial charge on any atom is -0.464 e. The molecule has 0 aromatic heterocycles. The van der Waals surface area contributed by atoms with Crippen molar-refractivity contribution in [3.05, 3.63) is 0 Å². The van der Waals surface area contributed by atoms with Gasteiger partial charge >= 0.3 is 5.97 Å². The molecule has 2 unspecified atom stereocenters. The molecule has 0 saturated carbocycles. The van der Waals surface area contributed by atoms with Gasteiger partial charge in [0.05, 0.1) is 12.4 Å². The topological polar surface area (TPSA) is 102 Å². The molecule has 0 saturated heterocycles. The van der Waals surface area contributed by atoms with Gasteiger partial charge in [0.15, 0.2) is 0 Å². The highest BCUT2D eigenvalue weighted by molar-refractivity contribution is 7.98. The first kappa shape index (κ1) is 20.2. The molecule has 0 aliphatic rings. The van der Waals surface area contributed by atoms with Crippen molar-refractivity contribution in [3.8, 4) is 0 Å². The Bertz CT molecular complexity index is 439. The van der Waals surface area contributed by atoms with E-state index in [1.807, 2.05) is 6.26 Å². The first-order valence-corrected chi connectivity index (χ1v) is 9.77. The fourth-order valence-electron chi connectivity index (χ4n) is 1.42. The zero-order valence-electron chi connectivity index (χ0n) is 12.8. The molecule has 0 radical (unpaired) electrons. The molecule has 7 nitrogen and oxygen atoms in total. The van der Waals surface area contributed by atoms with Crippen LogP contribution in [0.5, 0.6) is 0 Å². The molecule has 21 heavy (non-hydrogen) atoms. The Morgan fingerprint density at radius 3 is 2.38 bits per heavy atom. The molecule has 0 fully saturated rings. The molecule has 0 aromatic rings. The SMILES string of the molecule is CCOC(=O)C(C)NC(=O)C(CCSC)NS(=O)(=O)CC. The van der Waals surface area contributed by atoms with Crippen LogP contribution in [0.4, 0.5) is 0 Å². The third-order valence-electron chi connectivity index (χ3n) is 2.63. The van der Waals surface area contributed by atoms with Crippen molar-refractivity contribution < 1.29 is 22.7 Å². The van der Waals surface area contributed by atoms with E-state index in [4.69, 9.17) is 4.74 Å². The average Bonchev–Trinajstić information content (AvgIpc) is 2.43. The van der Waals surface area contributed by atoms with Gasteiger partial charge in [-0.2, -0.15) is 11.8 Å². The molecule has 0 aromatic carbocycles. The second-order valence-electron chi connectivity index (χ2n) is 4.34. The summed E-state index contributed by atoms with van der Waals surface area (Å²) < 4.78 is 30.4. The van der Waals surface area contributed by atoms with Crippen molar-refractivity contribution in [2.75, 3.05) is 24.4 Å². The summed E-state index contributed by atoms with van der Waals surface area (Å²) in [6, 6.07) is -1.71. The van der Waals surface area contributed by atoms with Crippen LogP contribution < -0.4 is 10.0 Å². The summed E-state index contributed by atoms with van der Waals surface area (Å²) in [5.74, 6) is -0.559. The van der Waals surface area contributed by atoms with Crippen molar-refractivity contribution in [2.24, 2.45) is 0 Å². The van der Waals surface area contributed by atoms with Gasteiger partial charge in [-0.05, 0) is 39.2 Å². The van der Waals surface area contributed by atoms with E-state index >= 15 is 0 Å². The molecule has 124 valence electrons. The van der Waals surface area contributed by atoms with E-state index in [1.165, 1.54) is 25.6 Å². The smallest absolute Gasteiger partial charge is 0.328 e. The number of carbonyl (C=O) groups is 2. The Morgan fingerprint density at radius 1 is 1.29 bits per heavy atom. The summed E-state index contributed by atoms with van der Waals surface area (Å²) in [5.41, 5.74) is 0. The highest BCUT2D eigenvalue weighted by Gasteiger charge is 2.26. The van der Waals surface area contributed by atoms with Gasteiger partial charge in [0.1, 0.15) is 12.1 Å². The summed E-state index contributed by atoms with van der Waals surface area (Å²) in [4.78, 5) is 23.6. The summed E-state index contributed by atoms with van der Waals surface area (Å²) in [6.07, 6.45) is 2.21. The standard InChI is InChI=1S/C12H24N2O5S2/c1-5-19-12(16)9(3)13-11(15)10(7-8-20-4)14-21(17,18)6-2/h9-10,14H,5-8H2,1-4H3,(H,13,15). The molecule has 1 amide bonds. The maximum atomic E-state index is 12.1. The van der Waals surface area contributed by atoms with E-state index in [0.29, 0.717) is 12.2 Å². The van der Waals surface area contributed by atoms with Crippen molar-refractivity contribution in [1.29, 1.82) is 0 Å². The third kappa shape index (κ3) is 8.27. The highest BCUT2D eigenvalue weighted by atomic mass is 32.2. The lowest BCUT2D eigenvalue weighted by Gasteiger charge is -2.20. The van der Waals surface area contributed by atoms with Crippen LogP contribution >= 0.6 is 11.8 Å². The lowest BCUT2D eigenvalue weighted by molar-refractivity contribution is -0.147. The van der Waals surface area contributed by atoms with Crippen LogP contribution in [-0.2, 0) is 24.3 Å². The fourth-order valence-corrected chi connectivity index (χ4v) is 2.72. The van der Waals surface area contributed by atoms with Crippen molar-refractivity contribution in [3.63, 3.8) is 0 Å². The molecule has 2 atom stereocenters. The number of hydrogen-bond acceptors (Lipinski definition) is 6. The molecule has 2 N–H and O–H groups in total. The molecule has 0 rings (SSSR count). The van der Waals surface area contributed by atoms with E-state index in [2.05, 4.69) is 10.0 Å². The maximum absolute atomic E-state index is 12.1. The van der Waals surface area contributed by atoms with Crippen LogP contribution in [0.25, 0.3) is 0 Å². The van der Waals surface area contributed by atoms with Gasteiger partial charge in [0, 0.05) is 0 Å². The summed E-state index contributed by atoms with van der Waals surface area (Å²) >= 11 is 1.51. The van der Waals surface area contributed by atoms with E-state index in [9.17, 15) is 18.0 Å². The Balaban J connectivity index is 4.75. The predicted molar refractivity (Wildman–Crippen MR) is 83.6 cm³/mol. The summed E-state index contributed by atoms with van der Waals surface area (Å²) in [5, 5.41) is 2.47. The quantitative estimate of drug-likeness (QED) is 0.548. The second-order valence-corrected chi connectivity index (χ2v) is 7.37. The van der Waals surface area contributed by atoms with Gasteiger partial charge in [-0.1, -0.05) is 0 Å². The van der Waals surface area contributed by atoms with Crippen LogP contribution in [0, 0.1) is 0 Å². The molecular weight excluding hydrogens is 316 g/mol. The van der Waals surface area contributed by atoms with Crippen molar-refractivity contribution in [2.45, 2.75) is 39.3 Å². The minimum atomic E-state index is -3.50. The largest absolute Gasteiger partial charge is 0.464 e.